The van der Waals surface area contributed by atoms with Gasteiger partial charge in [-0.15, -0.1) is 0 Å². The zero-order valence-electron chi connectivity index (χ0n) is 75.0. The van der Waals surface area contributed by atoms with E-state index in [-0.39, 0.29) is 14.9 Å². The standard InChI is InChI=1S/2C21H27N2.2C19H17OP.2C15H10.C2H3N.2CH4.4ClH.2Ru/c2*1-14-9-16(3)20(17(4)10-14)22-7-8-23(13-22)21-18(5)11-15(2)12-19(21)6;2*1-16-12-14-17(15-13-16)20-21(18-8-4-2-5-9-18)19-10-6-3-7-11-19;2*1-2-6-12(7-3-1)15-11-10-13-8-4-5-9-14(13)15;1-2-3;;;;;;;;/h2*9-13H,7-8H2,1-6H3;2*2-15H,1H3;2*1-9,11H;1H3;2*1H4;4*1H;;/q2*-1;;;;;;;;;;;;2*+2/p-3. The van der Waals surface area contributed by atoms with Crippen molar-refractivity contribution in [3.8, 4) is 17.6 Å². The van der Waals surface area contributed by atoms with Gasteiger partial charge >= 0.3 is 240 Å². The molecule has 0 atom stereocenters. The third-order valence-electron chi connectivity index (χ3n) is 21.9. The van der Waals surface area contributed by atoms with Gasteiger partial charge in [0.2, 0.25) is 8.15 Å². The summed E-state index contributed by atoms with van der Waals surface area (Å²) < 4.78 is 14.9. The summed E-state index contributed by atoms with van der Waals surface area (Å²) in [7, 11) is 22.7. The van der Waals surface area contributed by atoms with Crippen LogP contribution in [0.5, 0.6) is 11.5 Å². The fourth-order valence-electron chi connectivity index (χ4n) is 16.8. The second-order valence-electron chi connectivity index (χ2n) is 32.0. The van der Waals surface area contributed by atoms with Gasteiger partial charge in [-0.25, -0.2) is 0 Å². The van der Waals surface area contributed by atoms with Gasteiger partial charge in [0.15, 0.2) is 13.9 Å². The number of rotatable bonds is 14. The first-order valence-corrected chi connectivity index (χ1v) is 55.9. The molecule has 2 fully saturated rings. The Hall–Kier alpha value is -10.1. The predicted molar refractivity (Wildman–Crippen MR) is 560 cm³/mol. The molecule has 0 spiro atoms. The zero-order valence-corrected chi connectivity index (χ0v) is 83.4. The van der Waals surface area contributed by atoms with E-state index in [1.165, 1.54) is 173 Å². The molecule has 7 nitrogen and oxygen atoms in total. The second-order valence-corrected chi connectivity index (χ2v) is 47.5. The normalized spacial score (nSPS) is 12.7. The molecule has 2 heterocycles. The molecular formula is C114H120Cl4N5O2P2Ru2-. The van der Waals surface area contributed by atoms with Crippen LogP contribution in [0, 0.1) is 122 Å². The van der Waals surface area contributed by atoms with E-state index in [4.69, 9.17) is 53.1 Å². The Bertz CT molecular complexity index is 5550. The Morgan fingerprint density at radius 1 is 0.318 bits per heavy atom. The summed E-state index contributed by atoms with van der Waals surface area (Å²) in [5.74, 6) is 1.85. The molecular weight excluding hydrogens is 1880 g/mol. The van der Waals surface area contributed by atoms with Crippen molar-refractivity contribution in [1.29, 1.82) is 5.26 Å². The Balaban J connectivity index is 0.000000160. The first kappa shape index (κ1) is 101. The second kappa shape index (κ2) is 49.2. The van der Waals surface area contributed by atoms with Crippen LogP contribution in [0.2, 0.25) is 0 Å². The molecule has 14 aromatic rings. The van der Waals surface area contributed by atoms with Crippen molar-refractivity contribution in [3.05, 3.63) is 464 Å². The average molecular weight is 2000 g/mol. The van der Waals surface area contributed by atoms with Crippen LogP contribution >= 0.6 is 55.1 Å². The number of hydrogen-bond acceptors (Lipinski definition) is 7. The number of benzene rings is 14. The minimum absolute atomic E-state index is 0. The number of fused-ring (bicyclic) bond motifs is 2. The molecule has 14 aromatic carbocycles. The molecule has 0 saturated carbocycles. The van der Waals surface area contributed by atoms with Crippen LogP contribution in [0.25, 0.3) is 11.1 Å². The first-order valence-electron chi connectivity index (χ1n) is 42.6. The molecule has 2 aliphatic carbocycles. The van der Waals surface area contributed by atoms with Crippen molar-refractivity contribution in [2.75, 3.05) is 45.8 Å². The Morgan fingerprint density at radius 2 is 0.558 bits per heavy atom. The van der Waals surface area contributed by atoms with Crippen LogP contribution in [0.3, 0.4) is 0 Å². The van der Waals surface area contributed by atoms with Gasteiger partial charge in [-0.05, 0) is 190 Å². The zero-order chi connectivity index (χ0) is 90.2. The fraction of sp³-hybridized carbons (Fsp3) is 0.184. The van der Waals surface area contributed by atoms with Crippen molar-refractivity contribution >= 4 is 118 Å². The van der Waals surface area contributed by atoms with Crippen LogP contribution in [0.1, 0.15) is 133 Å². The number of aryl methyl sites for hydroxylation is 14. The number of hydrogen-bond donors (Lipinski definition) is 0. The van der Waals surface area contributed by atoms with Gasteiger partial charge < -0.3 is 28.6 Å². The van der Waals surface area contributed by atoms with Gasteiger partial charge in [-0.1, -0.05) is 218 Å². The molecule has 0 bridgehead atoms. The molecule has 0 radical (unpaired) electrons. The van der Waals surface area contributed by atoms with E-state index in [0.717, 1.165) is 45.9 Å². The van der Waals surface area contributed by atoms with E-state index in [2.05, 4.69) is 373 Å². The summed E-state index contributed by atoms with van der Waals surface area (Å²) in [5.41, 5.74) is 33.9. The maximum absolute atomic E-state index is 7.32. The topological polar surface area (TPSA) is 55.2 Å². The monoisotopic (exact) mass is 2000 g/mol. The molecule has 0 aromatic heterocycles. The Morgan fingerprint density at radius 3 is 0.829 bits per heavy atom. The average Bonchev–Trinajstić information content (AvgIpc) is 1.65. The van der Waals surface area contributed by atoms with Crippen molar-refractivity contribution in [2.24, 2.45) is 0 Å². The molecule has 0 unspecified atom stereocenters. The maximum atomic E-state index is 7.32. The number of nitriles is 1. The molecule has 668 valence electrons. The summed E-state index contributed by atoms with van der Waals surface area (Å²) in [6.07, 6.45) is 4.30. The molecule has 129 heavy (non-hydrogen) atoms. The summed E-state index contributed by atoms with van der Waals surface area (Å²) in [5, 5.41) is 12.3. The van der Waals surface area contributed by atoms with Gasteiger partial charge in [0.05, 0.1) is 6.07 Å². The van der Waals surface area contributed by atoms with Gasteiger partial charge in [-0.2, -0.15) is 18.6 Å². The summed E-state index contributed by atoms with van der Waals surface area (Å²) in [6.45, 7) is 40.7. The SMILES string of the molecule is C.C.CC#N.Cc1cc(C)c(N2[CH-]N(c3c(C)cc(C)cc3C)CC2)c(C)c1.Cc1cc(C)c(N2[CH-]N(c3c(C)cc(C)cc3C)CC2)c(C)c1.Cc1ccc(OP(c2ccccc2)c2ccccc2)cc1.Cc1ccc(O[PH+](c2ccccc2)c2ccccc2)cc1.[Cl][Ru]([Cl])=[C]1C=C(c2ccccc2)c2ccccc21.[Cl][Ru]([Cl])=[C]1C=C(c2ccccc2)c2ccccc21. The Kier molecular flexibility index (Phi) is 38.5. The summed E-state index contributed by atoms with van der Waals surface area (Å²) in [6, 6.07) is 116. The van der Waals surface area contributed by atoms with E-state index < -0.39 is 43.3 Å². The van der Waals surface area contributed by atoms with Crippen LogP contribution in [-0.2, 0) is 27.0 Å². The molecule has 0 N–H and O–H groups in total. The number of allylic oxidation sites excluding steroid dienone is 2. The van der Waals surface area contributed by atoms with E-state index in [0.29, 0.717) is 0 Å². The van der Waals surface area contributed by atoms with Crippen molar-refractivity contribution in [3.63, 3.8) is 0 Å². The van der Waals surface area contributed by atoms with E-state index >= 15 is 0 Å². The van der Waals surface area contributed by atoms with Crippen LogP contribution < -0.4 is 49.9 Å². The molecule has 15 heteroatoms. The van der Waals surface area contributed by atoms with E-state index in [1.807, 2.05) is 97.1 Å². The van der Waals surface area contributed by atoms with Crippen molar-refractivity contribution < 1.29 is 36.1 Å². The molecule has 4 aliphatic rings. The molecule has 0 amide bonds. The quantitative estimate of drug-likeness (QED) is 0.0611. The third kappa shape index (κ3) is 27.0. The number of nitrogens with zero attached hydrogens (tertiary/aromatic N) is 5. The van der Waals surface area contributed by atoms with Crippen LogP contribution in [0.15, 0.2) is 340 Å². The van der Waals surface area contributed by atoms with E-state index in [1.54, 1.807) is 6.07 Å². The van der Waals surface area contributed by atoms with Gasteiger partial charge in [0.1, 0.15) is 16.4 Å². The van der Waals surface area contributed by atoms with Crippen molar-refractivity contribution in [2.45, 2.75) is 119 Å². The predicted octanol–water partition coefficient (Wildman–Crippen LogP) is 29.5. The summed E-state index contributed by atoms with van der Waals surface area (Å²) in [4.78, 5) is 9.62. The molecule has 18 rings (SSSR count). The van der Waals surface area contributed by atoms with E-state index in [9.17, 15) is 0 Å². The summed E-state index contributed by atoms with van der Waals surface area (Å²) >= 11 is -3.76. The van der Waals surface area contributed by atoms with Gasteiger partial charge in [0.25, 0.3) is 0 Å². The number of anilines is 4. The Labute approximate surface area is 799 Å². The van der Waals surface area contributed by atoms with Crippen molar-refractivity contribution in [1.82, 2.24) is 0 Å². The first-order chi connectivity index (χ1) is 61.3. The van der Waals surface area contributed by atoms with Gasteiger partial charge in [-0.3, -0.25) is 0 Å². The minimum atomic E-state index is -1.88. The molecule has 2 aliphatic heterocycles. The van der Waals surface area contributed by atoms with Crippen LogP contribution in [0.4, 0.5) is 22.7 Å². The third-order valence-corrected chi connectivity index (χ3v) is 32.2. The van der Waals surface area contributed by atoms with Crippen LogP contribution in [-0.4, -0.2) is 34.4 Å². The fourth-order valence-corrected chi connectivity index (χ4v) is 25.4. The molecule has 2 saturated heterocycles. The number of halogens is 4. The van der Waals surface area contributed by atoms with Gasteiger partial charge in [0, 0.05) is 66.5 Å².